The molecular weight excluding hydrogens is 260 g/mol. The van der Waals surface area contributed by atoms with Gasteiger partial charge in [-0.15, -0.1) is 0 Å². The van der Waals surface area contributed by atoms with Gasteiger partial charge in [-0.3, -0.25) is 0 Å². The molecule has 0 radical (unpaired) electrons. The summed E-state index contributed by atoms with van der Waals surface area (Å²) >= 11 is 0. The Morgan fingerprint density at radius 2 is 1.55 bits per heavy atom. The smallest absolute Gasteiger partial charge is 0.131 e. The minimum absolute atomic E-state index is 0.00658. The molecule has 0 aliphatic rings. The Morgan fingerprint density at radius 3 is 2.15 bits per heavy atom. The summed E-state index contributed by atoms with van der Waals surface area (Å²) in [5.41, 5.74) is 1.35. The first-order valence-electron chi connectivity index (χ1n) is 6.48. The van der Waals surface area contributed by atoms with Gasteiger partial charge in [-0.25, -0.2) is 8.78 Å². The molecule has 0 fully saturated rings. The first-order valence-corrected chi connectivity index (χ1v) is 6.48. The summed E-state index contributed by atoms with van der Waals surface area (Å²) in [7, 11) is 0. The normalized spacial score (nSPS) is 13.8. The summed E-state index contributed by atoms with van der Waals surface area (Å²) in [6.45, 7) is 3.33. The number of para-hydroxylation sites is 1. The molecule has 2 aromatic rings. The largest absolute Gasteiger partial charge is 0.389 e. The van der Waals surface area contributed by atoms with E-state index in [1.54, 1.807) is 32.0 Å². The highest BCUT2D eigenvalue weighted by Crippen LogP contribution is 2.28. The molecule has 2 N–H and O–H groups in total. The maximum atomic E-state index is 13.7. The maximum absolute atomic E-state index is 13.7. The lowest BCUT2D eigenvalue weighted by atomic mass is 10.0. The maximum Gasteiger partial charge on any atom is 0.131 e. The number of nitrogens with one attached hydrogen (secondary N) is 1. The van der Waals surface area contributed by atoms with E-state index in [1.165, 1.54) is 18.2 Å². The number of aliphatic hydroxyl groups excluding tert-OH is 1. The summed E-state index contributed by atoms with van der Waals surface area (Å²) in [5.74, 6) is -1.17. The number of benzene rings is 2. The quantitative estimate of drug-likeness (QED) is 0.878. The van der Waals surface area contributed by atoms with E-state index in [0.717, 1.165) is 0 Å². The highest BCUT2D eigenvalue weighted by Gasteiger charge is 2.17. The minimum atomic E-state index is -0.656. The van der Waals surface area contributed by atoms with Gasteiger partial charge >= 0.3 is 0 Å². The molecule has 0 heterocycles. The number of anilines is 1. The van der Waals surface area contributed by atoms with Gasteiger partial charge < -0.3 is 10.4 Å². The van der Waals surface area contributed by atoms with E-state index in [-0.39, 0.29) is 5.56 Å². The first kappa shape index (κ1) is 14.5. The van der Waals surface area contributed by atoms with Gasteiger partial charge in [0.05, 0.1) is 12.1 Å². The Kier molecular flexibility index (Phi) is 4.35. The van der Waals surface area contributed by atoms with E-state index in [2.05, 4.69) is 5.32 Å². The molecule has 0 aliphatic heterocycles. The molecule has 0 spiro atoms. The third-order valence-electron chi connectivity index (χ3n) is 3.22. The van der Waals surface area contributed by atoms with Crippen LogP contribution in [-0.4, -0.2) is 5.11 Å². The van der Waals surface area contributed by atoms with Crippen molar-refractivity contribution in [1.82, 2.24) is 0 Å². The minimum Gasteiger partial charge on any atom is -0.389 e. The zero-order chi connectivity index (χ0) is 14.7. The van der Waals surface area contributed by atoms with Crippen LogP contribution in [0.4, 0.5) is 14.5 Å². The van der Waals surface area contributed by atoms with E-state index in [1.807, 2.05) is 6.07 Å². The predicted octanol–water partition coefficient (Wildman–Crippen LogP) is 4.19. The van der Waals surface area contributed by atoms with Crippen molar-refractivity contribution in [1.29, 1.82) is 0 Å². The van der Waals surface area contributed by atoms with Gasteiger partial charge in [-0.2, -0.15) is 0 Å². The molecular formula is C16H17F2NO. The van der Waals surface area contributed by atoms with Gasteiger partial charge in [0, 0.05) is 16.8 Å². The van der Waals surface area contributed by atoms with E-state index in [4.69, 9.17) is 0 Å². The molecule has 2 nitrogen and oxygen atoms in total. The molecule has 4 heteroatoms. The molecule has 20 heavy (non-hydrogen) atoms. The van der Waals surface area contributed by atoms with Gasteiger partial charge in [0.1, 0.15) is 11.6 Å². The molecule has 0 bridgehead atoms. The molecule has 106 valence electrons. The van der Waals surface area contributed by atoms with Crippen molar-refractivity contribution in [3.63, 3.8) is 0 Å². The van der Waals surface area contributed by atoms with Crippen LogP contribution in [0.3, 0.4) is 0 Å². The molecule has 0 aliphatic carbocycles. The van der Waals surface area contributed by atoms with Crippen molar-refractivity contribution in [2.75, 3.05) is 5.32 Å². The Labute approximate surface area is 117 Å². The van der Waals surface area contributed by atoms with Gasteiger partial charge in [-0.1, -0.05) is 24.3 Å². The van der Waals surface area contributed by atoms with Gasteiger partial charge in [0.25, 0.3) is 0 Å². The summed E-state index contributed by atoms with van der Waals surface area (Å²) in [5, 5.41) is 12.8. The van der Waals surface area contributed by atoms with Gasteiger partial charge in [0.2, 0.25) is 0 Å². The standard InChI is InChI=1S/C16H17F2NO/c1-10(16-13(17)7-5-8-14(16)18)19-15-9-4-3-6-12(15)11(2)20/h3-11,19-20H,1-2H3. The molecule has 0 saturated carbocycles. The van der Waals surface area contributed by atoms with Crippen molar-refractivity contribution in [2.24, 2.45) is 0 Å². The SMILES string of the molecule is CC(O)c1ccccc1NC(C)c1c(F)cccc1F. The van der Waals surface area contributed by atoms with E-state index < -0.39 is 23.8 Å². The zero-order valence-corrected chi connectivity index (χ0v) is 11.4. The van der Waals surface area contributed by atoms with Crippen molar-refractivity contribution in [3.8, 4) is 0 Å². The molecule has 0 saturated heterocycles. The highest BCUT2D eigenvalue weighted by atomic mass is 19.1. The Morgan fingerprint density at radius 1 is 0.950 bits per heavy atom. The number of aliphatic hydroxyl groups is 1. The summed E-state index contributed by atoms with van der Waals surface area (Å²) in [6, 6.07) is 10.4. The van der Waals surface area contributed by atoms with Crippen LogP contribution in [0, 0.1) is 11.6 Å². The van der Waals surface area contributed by atoms with Gasteiger partial charge in [-0.05, 0) is 32.0 Å². The molecule has 2 rings (SSSR count). The summed E-state index contributed by atoms with van der Waals surface area (Å²) in [4.78, 5) is 0. The number of hydrogen-bond donors (Lipinski definition) is 2. The monoisotopic (exact) mass is 277 g/mol. The number of hydrogen-bond acceptors (Lipinski definition) is 2. The Bertz CT molecular complexity index is 579. The lowest BCUT2D eigenvalue weighted by Gasteiger charge is -2.20. The molecule has 2 unspecified atom stereocenters. The average Bonchev–Trinajstić information content (AvgIpc) is 2.38. The zero-order valence-electron chi connectivity index (χ0n) is 11.4. The summed E-state index contributed by atoms with van der Waals surface area (Å²) < 4.78 is 27.5. The van der Waals surface area contributed by atoms with Crippen LogP contribution < -0.4 is 5.32 Å². The van der Waals surface area contributed by atoms with Crippen LogP contribution in [0.2, 0.25) is 0 Å². The topological polar surface area (TPSA) is 32.3 Å². The van der Waals surface area contributed by atoms with E-state index in [9.17, 15) is 13.9 Å². The fourth-order valence-corrected chi connectivity index (χ4v) is 2.22. The summed E-state index contributed by atoms with van der Waals surface area (Å²) in [6.07, 6.45) is -0.656. The van der Waals surface area contributed by atoms with Crippen LogP contribution in [0.5, 0.6) is 0 Å². The van der Waals surface area contributed by atoms with E-state index in [0.29, 0.717) is 11.3 Å². The molecule has 2 atom stereocenters. The van der Waals surface area contributed by atoms with E-state index >= 15 is 0 Å². The van der Waals surface area contributed by atoms with Crippen molar-refractivity contribution < 1.29 is 13.9 Å². The second-order valence-corrected chi connectivity index (χ2v) is 4.76. The molecule has 0 amide bonds. The van der Waals surface area contributed by atoms with Crippen molar-refractivity contribution in [3.05, 3.63) is 65.2 Å². The predicted molar refractivity (Wildman–Crippen MR) is 75.5 cm³/mol. The second-order valence-electron chi connectivity index (χ2n) is 4.76. The molecule has 2 aromatic carbocycles. The van der Waals surface area contributed by atoms with Crippen LogP contribution in [0.1, 0.15) is 37.1 Å². The molecule has 0 aromatic heterocycles. The highest BCUT2D eigenvalue weighted by molar-refractivity contribution is 5.53. The fourth-order valence-electron chi connectivity index (χ4n) is 2.22. The number of rotatable bonds is 4. The van der Waals surface area contributed by atoms with Crippen LogP contribution >= 0.6 is 0 Å². The third-order valence-corrected chi connectivity index (χ3v) is 3.22. The van der Waals surface area contributed by atoms with Crippen LogP contribution in [0.15, 0.2) is 42.5 Å². The van der Waals surface area contributed by atoms with Crippen molar-refractivity contribution in [2.45, 2.75) is 26.0 Å². The van der Waals surface area contributed by atoms with Crippen LogP contribution in [0.25, 0.3) is 0 Å². The Balaban J connectivity index is 2.31. The fraction of sp³-hybridized carbons (Fsp3) is 0.250. The number of halogens is 2. The third kappa shape index (κ3) is 2.96. The second kappa shape index (κ2) is 6.01. The Hall–Kier alpha value is -1.94. The average molecular weight is 277 g/mol. The lowest BCUT2D eigenvalue weighted by Crippen LogP contribution is -2.12. The lowest BCUT2D eigenvalue weighted by molar-refractivity contribution is 0.200. The first-order chi connectivity index (χ1) is 9.50. The van der Waals surface area contributed by atoms with Gasteiger partial charge in [0.15, 0.2) is 0 Å². The van der Waals surface area contributed by atoms with Crippen molar-refractivity contribution >= 4 is 5.69 Å². The van der Waals surface area contributed by atoms with Crippen LogP contribution in [-0.2, 0) is 0 Å².